The molecule has 1 aromatic heterocycles. The molecule has 0 bridgehead atoms. The summed E-state index contributed by atoms with van der Waals surface area (Å²) in [5.41, 5.74) is 1.27. The second kappa shape index (κ2) is 7.70. The Hall–Kier alpha value is -1.46. The fourth-order valence-electron chi connectivity index (χ4n) is 3.29. The molecule has 120 valence electrons. The third-order valence-electron chi connectivity index (χ3n) is 4.66. The summed E-state index contributed by atoms with van der Waals surface area (Å²) in [6, 6.07) is 4.12. The molecule has 0 N–H and O–H groups in total. The van der Waals surface area contributed by atoms with E-state index in [0.717, 1.165) is 45.6 Å². The number of carbonyl (C=O) groups excluding carboxylic acids is 1. The third kappa shape index (κ3) is 4.27. The first-order valence-corrected chi connectivity index (χ1v) is 8.28. The lowest BCUT2D eigenvalue weighted by Gasteiger charge is -2.33. The molecule has 2 fully saturated rings. The Balaban J connectivity index is 1.40. The molecule has 2 aliphatic heterocycles. The zero-order chi connectivity index (χ0) is 15.2. The van der Waals surface area contributed by atoms with Crippen LogP contribution in [0.25, 0.3) is 0 Å². The van der Waals surface area contributed by atoms with Gasteiger partial charge in [0, 0.05) is 38.4 Å². The van der Waals surface area contributed by atoms with Crippen molar-refractivity contribution in [1.82, 2.24) is 14.8 Å². The Morgan fingerprint density at radius 2 is 2.00 bits per heavy atom. The number of pyridine rings is 1. The van der Waals surface area contributed by atoms with Crippen LogP contribution in [0.4, 0.5) is 0 Å². The van der Waals surface area contributed by atoms with Crippen LogP contribution >= 0.6 is 0 Å². The third-order valence-corrected chi connectivity index (χ3v) is 4.66. The number of piperidine rings is 1. The van der Waals surface area contributed by atoms with Gasteiger partial charge in [0.25, 0.3) is 0 Å². The maximum Gasteiger partial charge on any atom is 0.223 e. The number of rotatable bonds is 4. The minimum atomic E-state index is 0.314. The second-order valence-corrected chi connectivity index (χ2v) is 6.28. The Morgan fingerprint density at radius 3 is 2.68 bits per heavy atom. The fraction of sp³-hybridized carbons (Fsp3) is 0.647. The van der Waals surface area contributed by atoms with E-state index < -0.39 is 0 Å². The van der Waals surface area contributed by atoms with E-state index in [2.05, 4.69) is 16.0 Å². The standard InChI is InChI=1S/C17H25N3O2/c21-17(20-8-10-22-11-9-20)12-15-3-6-19(7-4-15)14-16-2-1-5-18-13-16/h1-2,5,13,15H,3-4,6-12,14H2. The number of nitrogens with zero attached hydrogens (tertiary/aromatic N) is 3. The molecule has 1 aromatic rings. The van der Waals surface area contributed by atoms with E-state index in [-0.39, 0.29) is 0 Å². The average molecular weight is 303 g/mol. The van der Waals surface area contributed by atoms with Gasteiger partial charge in [0.2, 0.25) is 5.91 Å². The summed E-state index contributed by atoms with van der Waals surface area (Å²) in [7, 11) is 0. The van der Waals surface area contributed by atoms with Crippen LogP contribution < -0.4 is 0 Å². The Kier molecular flexibility index (Phi) is 5.40. The molecular formula is C17H25N3O2. The van der Waals surface area contributed by atoms with Crippen LogP contribution in [0, 0.1) is 5.92 Å². The lowest BCUT2D eigenvalue weighted by atomic mass is 9.92. The van der Waals surface area contributed by atoms with Crippen molar-refractivity contribution >= 4 is 5.91 Å². The molecule has 22 heavy (non-hydrogen) atoms. The van der Waals surface area contributed by atoms with E-state index in [0.29, 0.717) is 31.5 Å². The van der Waals surface area contributed by atoms with Gasteiger partial charge in [-0.1, -0.05) is 6.07 Å². The summed E-state index contributed by atoms with van der Waals surface area (Å²) in [6.07, 6.45) is 6.70. The van der Waals surface area contributed by atoms with Crippen molar-refractivity contribution in [3.8, 4) is 0 Å². The molecule has 0 saturated carbocycles. The SMILES string of the molecule is O=C(CC1CCN(Cc2cccnc2)CC1)N1CCOCC1. The van der Waals surface area contributed by atoms with Gasteiger partial charge in [0.15, 0.2) is 0 Å². The Bertz CT molecular complexity index is 466. The molecule has 0 aromatic carbocycles. The summed E-state index contributed by atoms with van der Waals surface area (Å²) >= 11 is 0. The summed E-state index contributed by atoms with van der Waals surface area (Å²) < 4.78 is 5.30. The number of aromatic nitrogens is 1. The number of amides is 1. The van der Waals surface area contributed by atoms with Gasteiger partial charge < -0.3 is 9.64 Å². The normalized spacial score (nSPS) is 21.0. The molecule has 5 heteroatoms. The van der Waals surface area contributed by atoms with Crippen molar-refractivity contribution in [2.24, 2.45) is 5.92 Å². The number of morpholine rings is 1. The predicted molar refractivity (Wildman–Crippen MR) is 84.3 cm³/mol. The van der Waals surface area contributed by atoms with E-state index in [1.54, 1.807) is 0 Å². The number of ether oxygens (including phenoxy) is 1. The molecule has 2 saturated heterocycles. The minimum absolute atomic E-state index is 0.314. The first kappa shape index (κ1) is 15.4. The van der Waals surface area contributed by atoms with Gasteiger partial charge in [0.05, 0.1) is 13.2 Å². The molecule has 0 aliphatic carbocycles. The first-order chi connectivity index (χ1) is 10.8. The molecule has 1 amide bonds. The van der Waals surface area contributed by atoms with Crippen LogP contribution in [0.3, 0.4) is 0 Å². The van der Waals surface area contributed by atoms with Gasteiger partial charge in [-0.3, -0.25) is 14.7 Å². The van der Waals surface area contributed by atoms with Gasteiger partial charge in [-0.05, 0) is 43.5 Å². The molecule has 0 atom stereocenters. The zero-order valence-corrected chi connectivity index (χ0v) is 13.1. The maximum atomic E-state index is 12.3. The maximum absolute atomic E-state index is 12.3. The van der Waals surface area contributed by atoms with Crippen LogP contribution in [0.5, 0.6) is 0 Å². The highest BCUT2D eigenvalue weighted by Gasteiger charge is 2.24. The number of carbonyl (C=O) groups is 1. The lowest BCUT2D eigenvalue weighted by molar-refractivity contribution is -0.136. The van der Waals surface area contributed by atoms with Crippen molar-refractivity contribution in [3.05, 3.63) is 30.1 Å². The van der Waals surface area contributed by atoms with E-state index >= 15 is 0 Å². The molecule has 0 radical (unpaired) electrons. The Morgan fingerprint density at radius 1 is 1.23 bits per heavy atom. The summed E-state index contributed by atoms with van der Waals surface area (Å²) in [5, 5.41) is 0. The highest BCUT2D eigenvalue weighted by Crippen LogP contribution is 2.22. The van der Waals surface area contributed by atoms with E-state index in [9.17, 15) is 4.79 Å². The number of hydrogen-bond donors (Lipinski definition) is 0. The van der Waals surface area contributed by atoms with Crippen LogP contribution in [-0.2, 0) is 16.1 Å². The zero-order valence-electron chi connectivity index (χ0n) is 13.1. The first-order valence-electron chi connectivity index (χ1n) is 8.28. The summed E-state index contributed by atoms with van der Waals surface area (Å²) in [5.74, 6) is 0.856. The van der Waals surface area contributed by atoms with Crippen LogP contribution in [0.2, 0.25) is 0 Å². The van der Waals surface area contributed by atoms with E-state index in [1.807, 2.05) is 23.4 Å². The summed E-state index contributed by atoms with van der Waals surface area (Å²) in [4.78, 5) is 20.9. The van der Waals surface area contributed by atoms with Crippen LogP contribution in [0.15, 0.2) is 24.5 Å². The molecule has 2 aliphatic rings. The Labute approximate surface area is 132 Å². The van der Waals surface area contributed by atoms with Gasteiger partial charge in [-0.2, -0.15) is 0 Å². The molecule has 0 spiro atoms. The highest BCUT2D eigenvalue weighted by molar-refractivity contribution is 5.76. The quantitative estimate of drug-likeness (QED) is 0.846. The van der Waals surface area contributed by atoms with Gasteiger partial charge in [0.1, 0.15) is 0 Å². The van der Waals surface area contributed by atoms with Crippen molar-refractivity contribution in [3.63, 3.8) is 0 Å². The molecule has 0 unspecified atom stereocenters. The molecule has 5 nitrogen and oxygen atoms in total. The van der Waals surface area contributed by atoms with Crippen LogP contribution in [-0.4, -0.2) is 60.1 Å². The van der Waals surface area contributed by atoms with E-state index in [4.69, 9.17) is 4.74 Å². The van der Waals surface area contributed by atoms with E-state index in [1.165, 1.54) is 5.56 Å². The monoisotopic (exact) mass is 303 g/mol. The molecular weight excluding hydrogens is 278 g/mol. The average Bonchev–Trinajstić information content (AvgIpc) is 2.58. The highest BCUT2D eigenvalue weighted by atomic mass is 16.5. The van der Waals surface area contributed by atoms with Gasteiger partial charge in [-0.15, -0.1) is 0 Å². The van der Waals surface area contributed by atoms with Crippen molar-refractivity contribution in [1.29, 1.82) is 0 Å². The summed E-state index contributed by atoms with van der Waals surface area (Å²) in [6.45, 7) is 6.03. The number of hydrogen-bond acceptors (Lipinski definition) is 4. The predicted octanol–water partition coefficient (Wildman–Crippen LogP) is 1.54. The molecule has 3 heterocycles. The van der Waals surface area contributed by atoms with Crippen molar-refractivity contribution in [2.45, 2.75) is 25.8 Å². The lowest BCUT2D eigenvalue weighted by Crippen LogP contribution is -2.42. The minimum Gasteiger partial charge on any atom is -0.378 e. The number of likely N-dealkylation sites (tertiary alicyclic amines) is 1. The smallest absolute Gasteiger partial charge is 0.223 e. The van der Waals surface area contributed by atoms with Crippen LogP contribution in [0.1, 0.15) is 24.8 Å². The van der Waals surface area contributed by atoms with Crippen molar-refractivity contribution in [2.75, 3.05) is 39.4 Å². The second-order valence-electron chi connectivity index (χ2n) is 6.28. The van der Waals surface area contributed by atoms with Gasteiger partial charge >= 0.3 is 0 Å². The topological polar surface area (TPSA) is 45.7 Å². The largest absolute Gasteiger partial charge is 0.378 e. The van der Waals surface area contributed by atoms with Gasteiger partial charge in [-0.25, -0.2) is 0 Å². The van der Waals surface area contributed by atoms with Crippen molar-refractivity contribution < 1.29 is 9.53 Å². The fourth-order valence-corrected chi connectivity index (χ4v) is 3.29. The molecule has 3 rings (SSSR count).